The molecular weight excluding hydrogens is 398 g/mol. The number of nitrogens with one attached hydrogen (secondary N) is 1. The highest BCUT2D eigenvalue weighted by molar-refractivity contribution is 7.99. The van der Waals surface area contributed by atoms with Gasteiger partial charge in [-0.2, -0.15) is 4.98 Å². The molecule has 3 aromatic rings. The number of amides is 1. The Morgan fingerprint density at radius 2 is 2.21 bits per heavy atom. The van der Waals surface area contributed by atoms with E-state index >= 15 is 0 Å². The minimum Gasteiger partial charge on any atom is -0.315 e. The molecule has 28 heavy (non-hydrogen) atoms. The first kappa shape index (κ1) is 18.9. The average Bonchev–Trinajstić information content (AvgIpc) is 3.25. The number of anilines is 1. The maximum Gasteiger partial charge on any atom is 0.328 e. The van der Waals surface area contributed by atoms with Crippen LogP contribution in [0.4, 0.5) is 6.01 Å². The van der Waals surface area contributed by atoms with E-state index in [1.807, 2.05) is 0 Å². The number of carbonyl (C=O) groups is 1. The smallest absolute Gasteiger partial charge is 0.315 e. The summed E-state index contributed by atoms with van der Waals surface area (Å²) >= 11 is 2.80. The SMILES string of the molecule is C=CCn1c(SCC(=O)Nc2nc(C)no2)nc2sc3c(c2c1=O)CCCC3. The van der Waals surface area contributed by atoms with Crippen molar-refractivity contribution in [2.45, 2.75) is 44.3 Å². The van der Waals surface area contributed by atoms with Gasteiger partial charge in [-0.05, 0) is 38.2 Å². The lowest BCUT2D eigenvalue weighted by Crippen LogP contribution is -2.24. The predicted molar refractivity (Wildman–Crippen MR) is 109 cm³/mol. The van der Waals surface area contributed by atoms with Gasteiger partial charge in [-0.25, -0.2) is 4.98 Å². The molecule has 1 aliphatic carbocycles. The molecule has 0 spiro atoms. The summed E-state index contributed by atoms with van der Waals surface area (Å²) < 4.78 is 6.48. The maximum absolute atomic E-state index is 13.1. The van der Waals surface area contributed by atoms with Crippen LogP contribution in [-0.4, -0.2) is 31.4 Å². The number of hydrogen-bond acceptors (Lipinski definition) is 8. The van der Waals surface area contributed by atoms with Crippen LogP contribution in [0, 0.1) is 6.92 Å². The quantitative estimate of drug-likeness (QED) is 0.374. The highest BCUT2D eigenvalue weighted by Crippen LogP contribution is 2.34. The number of aryl methyl sites for hydroxylation is 3. The summed E-state index contributed by atoms with van der Waals surface area (Å²) in [6, 6.07) is 0.0564. The van der Waals surface area contributed by atoms with Crippen molar-refractivity contribution < 1.29 is 9.32 Å². The van der Waals surface area contributed by atoms with Crippen molar-refractivity contribution >= 4 is 45.2 Å². The number of allylic oxidation sites excluding steroid dienone is 1. The van der Waals surface area contributed by atoms with E-state index in [4.69, 9.17) is 9.51 Å². The monoisotopic (exact) mass is 417 g/mol. The molecule has 8 nitrogen and oxygen atoms in total. The fourth-order valence-corrected chi connectivity index (χ4v) is 5.36. The summed E-state index contributed by atoms with van der Waals surface area (Å²) in [4.78, 5) is 36.0. The van der Waals surface area contributed by atoms with Crippen LogP contribution in [0.25, 0.3) is 10.2 Å². The summed E-state index contributed by atoms with van der Waals surface area (Å²) in [5.74, 6) is 0.205. The first-order chi connectivity index (χ1) is 13.6. The molecule has 1 aliphatic rings. The van der Waals surface area contributed by atoms with E-state index in [9.17, 15) is 9.59 Å². The Labute approximate surface area is 169 Å². The van der Waals surface area contributed by atoms with E-state index in [2.05, 4.69) is 22.0 Å². The minimum absolute atomic E-state index is 0.0558. The topological polar surface area (TPSA) is 103 Å². The van der Waals surface area contributed by atoms with E-state index in [-0.39, 0.29) is 23.2 Å². The van der Waals surface area contributed by atoms with Gasteiger partial charge in [0.25, 0.3) is 5.56 Å². The van der Waals surface area contributed by atoms with Crippen LogP contribution in [0.15, 0.2) is 27.1 Å². The second-order valence-corrected chi connectivity index (χ2v) is 8.50. The number of fused-ring (bicyclic) bond motifs is 3. The Bertz CT molecular complexity index is 1110. The van der Waals surface area contributed by atoms with E-state index in [1.54, 1.807) is 28.9 Å². The van der Waals surface area contributed by atoms with Crippen LogP contribution in [0.3, 0.4) is 0 Å². The molecule has 0 radical (unpaired) electrons. The average molecular weight is 418 g/mol. The third-order valence-electron chi connectivity index (χ3n) is 4.46. The fraction of sp³-hybridized carbons (Fsp3) is 0.389. The zero-order valence-corrected chi connectivity index (χ0v) is 17.0. The van der Waals surface area contributed by atoms with Gasteiger partial charge in [0.1, 0.15) is 4.83 Å². The highest BCUT2D eigenvalue weighted by atomic mass is 32.2. The lowest BCUT2D eigenvalue weighted by atomic mass is 9.97. The van der Waals surface area contributed by atoms with Gasteiger partial charge in [0.2, 0.25) is 5.91 Å². The molecule has 0 bridgehead atoms. The van der Waals surface area contributed by atoms with Crippen LogP contribution >= 0.6 is 23.1 Å². The number of aromatic nitrogens is 4. The predicted octanol–water partition coefficient (Wildman–Crippen LogP) is 2.95. The maximum atomic E-state index is 13.1. The molecule has 1 amide bonds. The molecule has 4 rings (SSSR count). The normalized spacial score (nSPS) is 13.5. The molecule has 3 aromatic heterocycles. The lowest BCUT2D eigenvalue weighted by molar-refractivity contribution is -0.114. The van der Waals surface area contributed by atoms with Crippen molar-refractivity contribution in [1.82, 2.24) is 19.7 Å². The van der Waals surface area contributed by atoms with Gasteiger partial charge in [-0.1, -0.05) is 23.0 Å². The van der Waals surface area contributed by atoms with Crippen molar-refractivity contribution in [3.63, 3.8) is 0 Å². The second-order valence-electron chi connectivity index (χ2n) is 6.47. The van der Waals surface area contributed by atoms with E-state index < -0.39 is 0 Å². The molecular formula is C18H19N5O3S2. The summed E-state index contributed by atoms with van der Waals surface area (Å²) in [5, 5.41) is 7.41. The standard InChI is InChI=1S/C18H19N5O3S2/c1-3-8-23-16(25)14-11-6-4-5-7-12(11)28-15(14)21-18(23)27-9-13(24)20-17-19-10(2)22-26-17/h3H,1,4-9H2,2H3,(H,19,20,22,24). The summed E-state index contributed by atoms with van der Waals surface area (Å²) in [5.41, 5.74) is 1.10. The molecule has 3 heterocycles. The van der Waals surface area contributed by atoms with Crippen LogP contribution < -0.4 is 10.9 Å². The number of nitrogens with zero attached hydrogens (tertiary/aromatic N) is 4. The molecule has 0 saturated heterocycles. The van der Waals surface area contributed by atoms with E-state index in [0.29, 0.717) is 17.5 Å². The van der Waals surface area contributed by atoms with Crippen molar-refractivity contribution in [1.29, 1.82) is 0 Å². The van der Waals surface area contributed by atoms with Crippen molar-refractivity contribution in [2.75, 3.05) is 11.1 Å². The van der Waals surface area contributed by atoms with Gasteiger partial charge >= 0.3 is 6.01 Å². The number of carbonyl (C=O) groups excluding carboxylic acids is 1. The number of rotatable bonds is 6. The fourth-order valence-electron chi connectivity index (χ4n) is 3.25. The number of thiophene rings is 1. The van der Waals surface area contributed by atoms with Gasteiger partial charge in [0.15, 0.2) is 11.0 Å². The van der Waals surface area contributed by atoms with Crippen molar-refractivity contribution in [3.8, 4) is 0 Å². The van der Waals surface area contributed by atoms with Crippen LogP contribution in [0.5, 0.6) is 0 Å². The van der Waals surface area contributed by atoms with Gasteiger partial charge in [-0.3, -0.25) is 19.5 Å². The molecule has 0 saturated carbocycles. The largest absolute Gasteiger partial charge is 0.328 e. The highest BCUT2D eigenvalue weighted by Gasteiger charge is 2.22. The molecule has 0 unspecified atom stereocenters. The van der Waals surface area contributed by atoms with E-state index in [1.165, 1.54) is 16.6 Å². The van der Waals surface area contributed by atoms with Gasteiger partial charge in [0.05, 0.1) is 11.1 Å². The Morgan fingerprint density at radius 3 is 2.96 bits per heavy atom. The minimum atomic E-state index is -0.307. The van der Waals surface area contributed by atoms with Crippen LogP contribution in [0.2, 0.25) is 0 Å². The molecule has 0 aromatic carbocycles. The van der Waals surface area contributed by atoms with Crippen molar-refractivity contribution in [3.05, 3.63) is 39.3 Å². The third-order valence-corrected chi connectivity index (χ3v) is 6.62. The molecule has 146 valence electrons. The van der Waals surface area contributed by atoms with Crippen molar-refractivity contribution in [2.24, 2.45) is 0 Å². The third kappa shape index (κ3) is 3.61. The second kappa shape index (κ2) is 7.88. The molecule has 1 N–H and O–H groups in total. The lowest BCUT2D eigenvalue weighted by Gasteiger charge is -2.12. The zero-order valence-electron chi connectivity index (χ0n) is 15.4. The molecule has 0 fully saturated rings. The Morgan fingerprint density at radius 1 is 1.39 bits per heavy atom. The molecule has 0 aliphatic heterocycles. The van der Waals surface area contributed by atoms with E-state index in [0.717, 1.165) is 41.5 Å². The first-order valence-electron chi connectivity index (χ1n) is 8.95. The summed E-state index contributed by atoms with van der Waals surface area (Å²) in [6.07, 6.45) is 5.85. The summed E-state index contributed by atoms with van der Waals surface area (Å²) in [6.45, 7) is 5.76. The van der Waals surface area contributed by atoms with Gasteiger partial charge in [-0.15, -0.1) is 17.9 Å². The number of thioether (sulfide) groups is 1. The Balaban J connectivity index is 1.62. The Kier molecular flexibility index (Phi) is 5.31. The van der Waals surface area contributed by atoms with Crippen LogP contribution in [-0.2, 0) is 24.2 Å². The molecule has 0 atom stereocenters. The summed E-state index contributed by atoms with van der Waals surface area (Å²) in [7, 11) is 0. The first-order valence-corrected chi connectivity index (χ1v) is 10.8. The number of hydrogen-bond donors (Lipinski definition) is 1. The molecule has 10 heteroatoms. The van der Waals surface area contributed by atoms with Gasteiger partial charge < -0.3 is 4.52 Å². The zero-order chi connectivity index (χ0) is 19.7. The van der Waals surface area contributed by atoms with Gasteiger partial charge in [0, 0.05) is 11.4 Å². The van der Waals surface area contributed by atoms with Crippen LogP contribution in [0.1, 0.15) is 29.1 Å². The Hall–Kier alpha value is -2.46.